The first-order valence-corrected chi connectivity index (χ1v) is 8.83. The van der Waals surface area contributed by atoms with Gasteiger partial charge < -0.3 is 24.4 Å². The number of halogens is 1. The van der Waals surface area contributed by atoms with Gasteiger partial charge in [-0.1, -0.05) is 0 Å². The van der Waals surface area contributed by atoms with E-state index in [0.717, 1.165) is 18.9 Å². The molecule has 0 bridgehead atoms. The monoisotopic (exact) mass is 391 g/mol. The van der Waals surface area contributed by atoms with Crippen LogP contribution in [-0.4, -0.2) is 57.5 Å². The highest BCUT2D eigenvalue weighted by atomic mass is 19.1. The zero-order valence-electron chi connectivity index (χ0n) is 15.0. The van der Waals surface area contributed by atoms with Crippen LogP contribution >= 0.6 is 0 Å². The third-order valence-corrected chi connectivity index (χ3v) is 5.13. The molecule has 4 rings (SSSR count). The number of methoxy groups -OCH3 is 1. The van der Waals surface area contributed by atoms with Gasteiger partial charge in [0.15, 0.2) is 11.6 Å². The minimum Gasteiger partial charge on any atom is -0.477 e. The van der Waals surface area contributed by atoms with Gasteiger partial charge in [0.05, 0.1) is 18.6 Å². The lowest BCUT2D eigenvalue weighted by Gasteiger charge is -2.24. The number of aromatic nitrogens is 2. The highest BCUT2D eigenvalue weighted by Gasteiger charge is 2.39. The quantitative estimate of drug-likeness (QED) is 0.730. The number of fused-ring (bicyclic) bond motifs is 1. The number of aliphatic hydroxyl groups excluding tert-OH is 1. The lowest BCUT2D eigenvalue weighted by Crippen LogP contribution is -2.38. The van der Waals surface area contributed by atoms with Crippen molar-refractivity contribution in [2.24, 2.45) is 0 Å². The van der Waals surface area contributed by atoms with Crippen molar-refractivity contribution in [3.05, 3.63) is 33.9 Å². The summed E-state index contributed by atoms with van der Waals surface area (Å²) in [5, 5.41) is 19.1. The maximum Gasteiger partial charge on any atom is 0.341 e. The van der Waals surface area contributed by atoms with Gasteiger partial charge in [-0.05, 0) is 18.9 Å². The van der Waals surface area contributed by atoms with E-state index < -0.39 is 40.9 Å². The van der Waals surface area contributed by atoms with Crippen molar-refractivity contribution < 1.29 is 28.9 Å². The van der Waals surface area contributed by atoms with Crippen molar-refractivity contribution in [2.45, 2.75) is 37.5 Å². The van der Waals surface area contributed by atoms with Crippen LogP contribution in [0.5, 0.6) is 0 Å². The van der Waals surface area contributed by atoms with Crippen LogP contribution in [0.15, 0.2) is 17.1 Å². The predicted molar refractivity (Wildman–Crippen MR) is 95.0 cm³/mol. The summed E-state index contributed by atoms with van der Waals surface area (Å²) in [6.07, 6.45) is 2.02. The second-order valence-electron chi connectivity index (χ2n) is 7.06. The van der Waals surface area contributed by atoms with Crippen molar-refractivity contribution in [2.75, 3.05) is 18.6 Å². The summed E-state index contributed by atoms with van der Waals surface area (Å²) in [5.74, 6) is -3.08. The Kier molecular flexibility index (Phi) is 4.30. The molecular formula is C18H18FN3O6. The molecule has 1 aliphatic heterocycles. The molecule has 2 aromatic rings. The summed E-state index contributed by atoms with van der Waals surface area (Å²) >= 11 is 0. The summed E-state index contributed by atoms with van der Waals surface area (Å²) < 4.78 is 21.2. The van der Waals surface area contributed by atoms with Crippen LogP contribution in [0.25, 0.3) is 11.0 Å². The molecule has 2 atom stereocenters. The van der Waals surface area contributed by atoms with Gasteiger partial charge >= 0.3 is 11.9 Å². The van der Waals surface area contributed by atoms with Crippen molar-refractivity contribution in [1.29, 1.82) is 0 Å². The standard InChI is InChI=1S/C18H18FN3O6/c1-28-18(27)13-4-9(23)6-22(13)16-12(19)5-10-14(24)11(17(25)26)7-21(8-2-3-8)15(10)20-16/h5,7-9,13,23H,2-4,6H2,1H3,(H,25,26)/t9-,13+/m1/s1. The lowest BCUT2D eigenvalue weighted by atomic mass is 10.1. The van der Waals surface area contributed by atoms with Crippen LogP contribution in [0.4, 0.5) is 10.2 Å². The summed E-state index contributed by atoms with van der Waals surface area (Å²) in [6.45, 7) is -0.0178. The van der Waals surface area contributed by atoms with E-state index in [-0.39, 0.29) is 35.9 Å². The molecule has 1 saturated heterocycles. The van der Waals surface area contributed by atoms with Gasteiger partial charge in [-0.3, -0.25) is 4.79 Å². The molecule has 3 heterocycles. The zero-order chi connectivity index (χ0) is 20.2. The molecular weight excluding hydrogens is 373 g/mol. The summed E-state index contributed by atoms with van der Waals surface area (Å²) in [4.78, 5) is 41.5. The summed E-state index contributed by atoms with van der Waals surface area (Å²) in [7, 11) is 1.20. The van der Waals surface area contributed by atoms with Gasteiger partial charge in [0.1, 0.15) is 17.3 Å². The Morgan fingerprint density at radius 1 is 1.36 bits per heavy atom. The Morgan fingerprint density at radius 3 is 2.68 bits per heavy atom. The molecule has 2 aromatic heterocycles. The average molecular weight is 391 g/mol. The van der Waals surface area contributed by atoms with Gasteiger partial charge in [-0.2, -0.15) is 0 Å². The number of carboxylic acids is 1. The Labute approximate surface area is 158 Å². The SMILES string of the molecule is COC(=O)[C@@H]1C[C@@H](O)CN1c1nc2c(cc1F)c(=O)c(C(=O)O)cn2C1CC1. The van der Waals surface area contributed by atoms with Crippen LogP contribution in [0.1, 0.15) is 35.7 Å². The molecule has 0 radical (unpaired) electrons. The number of hydrogen-bond acceptors (Lipinski definition) is 7. The maximum absolute atomic E-state index is 14.9. The number of ether oxygens (including phenoxy) is 1. The second-order valence-corrected chi connectivity index (χ2v) is 7.06. The normalized spacial score (nSPS) is 21.9. The Morgan fingerprint density at radius 2 is 2.07 bits per heavy atom. The number of β-amino-alcohol motifs (C(OH)–C–C–N with tert-alkyl or cyclic N) is 1. The summed E-state index contributed by atoms with van der Waals surface area (Å²) in [5.41, 5.74) is -1.11. The molecule has 2 aliphatic rings. The first-order chi connectivity index (χ1) is 13.3. The maximum atomic E-state index is 14.9. The van der Waals surface area contributed by atoms with E-state index in [1.54, 1.807) is 4.57 Å². The molecule has 9 nitrogen and oxygen atoms in total. The Hall–Kier alpha value is -3.01. The van der Waals surface area contributed by atoms with Gasteiger partial charge in [-0.15, -0.1) is 0 Å². The van der Waals surface area contributed by atoms with Gasteiger partial charge in [0.25, 0.3) is 0 Å². The number of aliphatic hydroxyl groups is 1. The van der Waals surface area contributed by atoms with Gasteiger partial charge in [-0.25, -0.2) is 19.0 Å². The first kappa shape index (κ1) is 18.4. The van der Waals surface area contributed by atoms with Crippen molar-refractivity contribution in [3.8, 4) is 0 Å². The smallest absolute Gasteiger partial charge is 0.341 e. The molecule has 0 aromatic carbocycles. The molecule has 148 valence electrons. The minimum absolute atomic E-state index is 0.0178. The number of anilines is 1. The Bertz CT molecular complexity index is 1050. The van der Waals surface area contributed by atoms with E-state index in [1.165, 1.54) is 18.2 Å². The van der Waals surface area contributed by atoms with Crippen LogP contribution < -0.4 is 10.3 Å². The van der Waals surface area contributed by atoms with Gasteiger partial charge in [0, 0.05) is 25.2 Å². The fourth-order valence-corrected chi connectivity index (χ4v) is 3.63. The number of carbonyl (C=O) groups is 2. The van der Waals surface area contributed by atoms with Crippen LogP contribution in [0.3, 0.4) is 0 Å². The molecule has 2 fully saturated rings. The van der Waals surface area contributed by atoms with Crippen LogP contribution in [0.2, 0.25) is 0 Å². The molecule has 28 heavy (non-hydrogen) atoms. The number of carbonyl (C=O) groups excluding carboxylic acids is 1. The summed E-state index contributed by atoms with van der Waals surface area (Å²) in [6, 6.07) is 0.0242. The van der Waals surface area contributed by atoms with E-state index in [9.17, 15) is 29.0 Å². The molecule has 1 saturated carbocycles. The lowest BCUT2D eigenvalue weighted by molar-refractivity contribution is -0.142. The number of pyridine rings is 2. The van der Waals surface area contributed by atoms with E-state index >= 15 is 0 Å². The van der Waals surface area contributed by atoms with E-state index in [2.05, 4.69) is 4.98 Å². The number of rotatable bonds is 4. The van der Waals surface area contributed by atoms with Crippen molar-refractivity contribution >= 4 is 28.8 Å². The number of hydrogen-bond donors (Lipinski definition) is 2. The molecule has 0 spiro atoms. The minimum atomic E-state index is -1.39. The highest BCUT2D eigenvalue weighted by Crippen LogP contribution is 2.37. The molecule has 0 amide bonds. The Balaban J connectivity index is 1.92. The fraction of sp³-hybridized carbons (Fsp3) is 0.444. The van der Waals surface area contributed by atoms with Crippen molar-refractivity contribution in [1.82, 2.24) is 9.55 Å². The number of nitrogens with zero attached hydrogens (tertiary/aromatic N) is 3. The van der Waals surface area contributed by atoms with Crippen LogP contribution in [-0.2, 0) is 9.53 Å². The highest BCUT2D eigenvalue weighted by molar-refractivity contribution is 5.92. The van der Waals surface area contributed by atoms with Crippen molar-refractivity contribution in [3.63, 3.8) is 0 Å². The largest absolute Gasteiger partial charge is 0.477 e. The molecule has 2 N–H and O–H groups in total. The second kappa shape index (κ2) is 6.55. The molecule has 1 aliphatic carbocycles. The molecule has 10 heteroatoms. The van der Waals surface area contributed by atoms with Crippen LogP contribution in [0, 0.1) is 5.82 Å². The fourth-order valence-electron chi connectivity index (χ4n) is 3.63. The topological polar surface area (TPSA) is 122 Å². The third kappa shape index (κ3) is 2.89. The molecule has 0 unspecified atom stereocenters. The van der Waals surface area contributed by atoms with Gasteiger partial charge in [0.2, 0.25) is 5.43 Å². The van der Waals surface area contributed by atoms with E-state index in [4.69, 9.17) is 4.74 Å². The van der Waals surface area contributed by atoms with E-state index in [1.807, 2.05) is 0 Å². The third-order valence-electron chi connectivity index (χ3n) is 5.13. The number of esters is 1. The first-order valence-electron chi connectivity index (χ1n) is 8.83. The average Bonchev–Trinajstić information content (AvgIpc) is 3.42. The number of aromatic carboxylic acids is 1. The predicted octanol–water partition coefficient (Wildman–Crippen LogP) is 0.681. The van der Waals surface area contributed by atoms with E-state index in [0.29, 0.717) is 0 Å². The number of carboxylic acid groups (broad SMARTS) is 1. The zero-order valence-corrected chi connectivity index (χ0v) is 15.0.